The summed E-state index contributed by atoms with van der Waals surface area (Å²) in [6.45, 7) is 4.33. The molecule has 2 aromatic carbocycles. The smallest absolute Gasteiger partial charge is 0.303 e. The predicted octanol–water partition coefficient (Wildman–Crippen LogP) is 4.71. The van der Waals surface area contributed by atoms with Gasteiger partial charge >= 0.3 is 7.82 Å². The first-order valence-electron chi connectivity index (χ1n) is 8.19. The van der Waals surface area contributed by atoms with E-state index in [1.165, 1.54) is 22.3 Å². The molecule has 0 saturated carbocycles. The minimum atomic E-state index is -4.36. The van der Waals surface area contributed by atoms with Crippen molar-refractivity contribution in [3.05, 3.63) is 70.8 Å². The summed E-state index contributed by atoms with van der Waals surface area (Å²) < 4.78 is 15.3. The molecule has 2 N–H and O–H groups in total. The van der Waals surface area contributed by atoms with E-state index in [-0.39, 0.29) is 12.5 Å². The number of aryl methyl sites for hydroxylation is 2. The molecule has 130 valence electrons. The van der Waals surface area contributed by atoms with Gasteiger partial charge in [-0.25, -0.2) is 4.57 Å². The van der Waals surface area contributed by atoms with Crippen LogP contribution in [0.25, 0.3) is 0 Å². The largest absolute Gasteiger partial charge is 0.469 e. The van der Waals surface area contributed by atoms with Crippen LogP contribution in [0, 0.1) is 13.8 Å². The van der Waals surface area contributed by atoms with Crippen molar-refractivity contribution < 1.29 is 18.9 Å². The van der Waals surface area contributed by atoms with Crippen molar-refractivity contribution in [2.24, 2.45) is 0 Å². The monoisotopic (exact) mass is 348 g/mol. The molecule has 0 aromatic heterocycles. The van der Waals surface area contributed by atoms with Crippen LogP contribution in [0.15, 0.2) is 48.5 Å². The fourth-order valence-electron chi connectivity index (χ4n) is 3.07. The van der Waals surface area contributed by atoms with E-state index in [9.17, 15) is 4.57 Å². The van der Waals surface area contributed by atoms with E-state index in [0.29, 0.717) is 6.42 Å². The Morgan fingerprint density at radius 2 is 1.42 bits per heavy atom. The first-order valence-corrected chi connectivity index (χ1v) is 9.72. The average Bonchev–Trinajstić information content (AvgIpc) is 2.52. The van der Waals surface area contributed by atoms with Gasteiger partial charge in [-0.1, -0.05) is 55.0 Å². The molecule has 0 fully saturated rings. The lowest BCUT2D eigenvalue weighted by molar-refractivity contribution is 0.193. The van der Waals surface area contributed by atoms with Crippen molar-refractivity contribution in [2.45, 2.75) is 39.0 Å². The van der Waals surface area contributed by atoms with Gasteiger partial charge in [0.25, 0.3) is 0 Å². The van der Waals surface area contributed by atoms with Crippen molar-refractivity contribution in [2.75, 3.05) is 6.61 Å². The molecule has 0 bridgehead atoms. The van der Waals surface area contributed by atoms with Crippen molar-refractivity contribution in [1.29, 1.82) is 0 Å². The number of benzene rings is 2. The summed E-state index contributed by atoms with van der Waals surface area (Å²) in [7, 11) is -4.36. The van der Waals surface area contributed by atoms with Gasteiger partial charge in [0, 0.05) is 5.92 Å². The summed E-state index contributed by atoms with van der Waals surface area (Å²) in [6, 6.07) is 16.8. The summed E-state index contributed by atoms with van der Waals surface area (Å²) in [5.74, 6) is 0.280. The van der Waals surface area contributed by atoms with Crippen LogP contribution < -0.4 is 0 Å². The van der Waals surface area contributed by atoms with Gasteiger partial charge in [0.05, 0.1) is 6.61 Å². The Hall–Kier alpha value is -1.45. The third-order valence-electron chi connectivity index (χ3n) is 4.27. The molecule has 24 heavy (non-hydrogen) atoms. The lowest BCUT2D eigenvalue weighted by atomic mass is 9.83. The molecule has 0 aliphatic rings. The van der Waals surface area contributed by atoms with Gasteiger partial charge in [-0.3, -0.25) is 4.52 Å². The van der Waals surface area contributed by atoms with Gasteiger partial charge in [0.2, 0.25) is 0 Å². The first-order chi connectivity index (χ1) is 11.4. The summed E-state index contributed by atoms with van der Waals surface area (Å²) in [6.07, 6.45) is 2.38. The highest BCUT2D eigenvalue weighted by molar-refractivity contribution is 7.46. The summed E-state index contributed by atoms with van der Waals surface area (Å²) in [4.78, 5) is 17.5. The molecule has 4 nitrogen and oxygen atoms in total. The molecule has 0 aliphatic heterocycles. The zero-order valence-electron chi connectivity index (χ0n) is 14.2. The van der Waals surface area contributed by atoms with Crippen LogP contribution in [0.4, 0.5) is 0 Å². The molecule has 0 atom stereocenters. The van der Waals surface area contributed by atoms with Crippen LogP contribution in [0.1, 0.15) is 47.4 Å². The summed E-state index contributed by atoms with van der Waals surface area (Å²) in [5.41, 5.74) is 5.14. The lowest BCUT2D eigenvalue weighted by Gasteiger charge is -2.22. The Morgan fingerprint density at radius 3 is 1.88 bits per heavy atom. The molecule has 0 spiro atoms. The number of phosphoric ester groups is 1. The molecule has 0 amide bonds. The first kappa shape index (κ1) is 18.9. The van der Waals surface area contributed by atoms with Crippen molar-refractivity contribution in [3.63, 3.8) is 0 Å². The van der Waals surface area contributed by atoms with E-state index in [1.807, 2.05) is 12.1 Å². The van der Waals surface area contributed by atoms with Gasteiger partial charge in [0.1, 0.15) is 0 Å². The quantitative estimate of drug-likeness (QED) is 0.535. The molecule has 5 heteroatoms. The Bertz CT molecular complexity index is 663. The normalized spacial score (nSPS) is 11.9. The minimum Gasteiger partial charge on any atom is -0.303 e. The third-order valence-corrected chi connectivity index (χ3v) is 4.79. The van der Waals surface area contributed by atoms with Crippen LogP contribution in [0.2, 0.25) is 0 Å². The molecule has 2 rings (SSSR count). The SMILES string of the molecule is Cc1ccccc1C(CCCCOP(=O)(O)O)c1ccccc1C. The molecule has 2 aromatic rings. The predicted molar refractivity (Wildman–Crippen MR) is 96.0 cm³/mol. The summed E-state index contributed by atoms with van der Waals surface area (Å²) >= 11 is 0. The fraction of sp³-hybridized carbons (Fsp3) is 0.368. The van der Waals surface area contributed by atoms with Gasteiger partial charge in [0.15, 0.2) is 0 Å². The van der Waals surface area contributed by atoms with E-state index in [0.717, 1.165) is 12.8 Å². The van der Waals surface area contributed by atoms with Crippen LogP contribution >= 0.6 is 7.82 Å². The zero-order chi connectivity index (χ0) is 17.6. The molecule has 0 unspecified atom stereocenters. The molecule has 0 heterocycles. The molecule has 0 saturated heterocycles. The number of hydrogen-bond acceptors (Lipinski definition) is 2. The maximum atomic E-state index is 10.7. The minimum absolute atomic E-state index is 0.0819. The van der Waals surface area contributed by atoms with Crippen molar-refractivity contribution in [1.82, 2.24) is 0 Å². The topological polar surface area (TPSA) is 66.8 Å². The number of rotatable bonds is 8. The van der Waals surface area contributed by atoms with Crippen LogP contribution in [-0.4, -0.2) is 16.4 Å². The second kappa shape index (κ2) is 8.59. The summed E-state index contributed by atoms with van der Waals surface area (Å²) in [5, 5.41) is 0. The van der Waals surface area contributed by atoms with Crippen LogP contribution in [0.5, 0.6) is 0 Å². The van der Waals surface area contributed by atoms with Gasteiger partial charge in [-0.05, 0) is 48.9 Å². The second-order valence-corrected chi connectivity index (χ2v) is 7.32. The van der Waals surface area contributed by atoms with E-state index in [1.54, 1.807) is 0 Å². The zero-order valence-corrected chi connectivity index (χ0v) is 15.1. The third kappa shape index (κ3) is 5.57. The molecule has 0 radical (unpaired) electrons. The van der Waals surface area contributed by atoms with Crippen LogP contribution in [0.3, 0.4) is 0 Å². The van der Waals surface area contributed by atoms with Crippen molar-refractivity contribution >= 4 is 7.82 Å². The lowest BCUT2D eigenvalue weighted by Crippen LogP contribution is -2.06. The Kier molecular flexibility index (Phi) is 6.76. The highest BCUT2D eigenvalue weighted by Gasteiger charge is 2.18. The van der Waals surface area contributed by atoms with E-state index < -0.39 is 7.82 Å². The fourth-order valence-corrected chi connectivity index (χ4v) is 3.43. The molecule has 0 aliphatic carbocycles. The highest BCUT2D eigenvalue weighted by atomic mass is 31.2. The maximum absolute atomic E-state index is 10.7. The van der Waals surface area contributed by atoms with Crippen LogP contribution in [-0.2, 0) is 9.09 Å². The van der Waals surface area contributed by atoms with Gasteiger partial charge < -0.3 is 9.79 Å². The van der Waals surface area contributed by atoms with E-state index >= 15 is 0 Å². The Balaban J connectivity index is 2.12. The Labute approximate surface area is 143 Å². The molecular formula is C19H25O4P. The second-order valence-electron chi connectivity index (χ2n) is 6.09. The van der Waals surface area contributed by atoms with Crippen molar-refractivity contribution in [3.8, 4) is 0 Å². The highest BCUT2D eigenvalue weighted by Crippen LogP contribution is 2.37. The van der Waals surface area contributed by atoms with E-state index in [2.05, 4.69) is 54.8 Å². The maximum Gasteiger partial charge on any atom is 0.469 e. The van der Waals surface area contributed by atoms with Gasteiger partial charge in [-0.15, -0.1) is 0 Å². The number of unbranched alkanes of at least 4 members (excludes halogenated alkanes) is 1. The van der Waals surface area contributed by atoms with Gasteiger partial charge in [-0.2, -0.15) is 0 Å². The average molecular weight is 348 g/mol. The number of hydrogen-bond donors (Lipinski definition) is 2. The van der Waals surface area contributed by atoms with E-state index in [4.69, 9.17) is 9.79 Å². The molecular weight excluding hydrogens is 323 g/mol. The number of phosphoric acid groups is 1. The standard InChI is InChI=1S/C19H25O4P/c1-15-9-3-5-11-17(15)19(18-12-6-4-10-16(18)2)13-7-8-14-23-24(20,21)22/h3-6,9-12,19H,7-8,13-14H2,1-2H3,(H2,20,21,22). The Morgan fingerprint density at radius 1 is 0.917 bits per heavy atom.